The third-order valence-corrected chi connectivity index (χ3v) is 5.86. The Bertz CT molecular complexity index is 435. The Hall–Kier alpha value is -1.06. The summed E-state index contributed by atoms with van der Waals surface area (Å²) in [7, 11) is 0. The van der Waals surface area contributed by atoms with Crippen LogP contribution in [0, 0.1) is 17.8 Å². The van der Waals surface area contributed by atoms with Gasteiger partial charge in [0.05, 0.1) is 0 Å². The minimum atomic E-state index is 0.196. The maximum atomic E-state index is 12.5. The minimum absolute atomic E-state index is 0.196. The van der Waals surface area contributed by atoms with Gasteiger partial charge >= 0.3 is 0 Å². The number of carbonyl (C=O) groups is 2. The Labute approximate surface area is 154 Å². The molecule has 0 saturated carbocycles. The number of nitrogens with zero attached hydrogens (tertiary/aromatic N) is 1. The fourth-order valence-electron chi connectivity index (χ4n) is 4.86. The number of fused-ring (bicyclic) bond motifs is 2. The minimum Gasteiger partial charge on any atom is -0.356 e. The second-order valence-corrected chi connectivity index (χ2v) is 8.87. The molecule has 2 amide bonds. The molecule has 4 nitrogen and oxygen atoms in total. The number of hydrogen-bond donors (Lipinski definition) is 1. The molecule has 0 radical (unpaired) electrons. The third-order valence-electron chi connectivity index (χ3n) is 5.86. The molecule has 2 unspecified atom stereocenters. The molecule has 4 atom stereocenters. The Morgan fingerprint density at radius 3 is 2.32 bits per heavy atom. The summed E-state index contributed by atoms with van der Waals surface area (Å²) in [6, 6.07) is 0.842. The molecule has 4 heteroatoms. The van der Waals surface area contributed by atoms with Crippen LogP contribution in [0.1, 0.15) is 85.5 Å². The lowest BCUT2D eigenvalue weighted by Gasteiger charge is -2.39. The quantitative estimate of drug-likeness (QED) is 0.679. The fourth-order valence-corrected chi connectivity index (χ4v) is 4.86. The first-order valence-corrected chi connectivity index (χ1v) is 10.5. The molecule has 2 rings (SSSR count). The van der Waals surface area contributed by atoms with Gasteiger partial charge in [-0.1, -0.05) is 34.1 Å². The molecule has 0 aromatic carbocycles. The molecule has 25 heavy (non-hydrogen) atoms. The Morgan fingerprint density at radius 1 is 1.12 bits per heavy atom. The second kappa shape index (κ2) is 9.59. The summed E-state index contributed by atoms with van der Waals surface area (Å²) in [5, 5.41) is 3.16. The zero-order chi connectivity index (χ0) is 18.4. The molecular formula is C21H38N2O2. The first-order valence-electron chi connectivity index (χ1n) is 10.5. The molecule has 0 aromatic rings. The van der Waals surface area contributed by atoms with E-state index in [0.29, 0.717) is 48.6 Å². The molecule has 144 valence electrons. The highest BCUT2D eigenvalue weighted by Crippen LogP contribution is 2.39. The van der Waals surface area contributed by atoms with Gasteiger partial charge in [-0.3, -0.25) is 9.59 Å². The van der Waals surface area contributed by atoms with Crippen LogP contribution in [0.5, 0.6) is 0 Å². The van der Waals surface area contributed by atoms with E-state index in [9.17, 15) is 9.59 Å². The van der Waals surface area contributed by atoms with Crippen molar-refractivity contribution >= 4 is 11.8 Å². The highest BCUT2D eigenvalue weighted by molar-refractivity contribution is 5.77. The van der Waals surface area contributed by atoms with E-state index in [2.05, 4.69) is 37.9 Å². The van der Waals surface area contributed by atoms with Gasteiger partial charge in [0.15, 0.2) is 0 Å². The molecule has 2 aliphatic heterocycles. The van der Waals surface area contributed by atoms with Crippen LogP contribution in [0.2, 0.25) is 0 Å². The van der Waals surface area contributed by atoms with Crippen LogP contribution >= 0.6 is 0 Å². The highest BCUT2D eigenvalue weighted by Gasteiger charge is 2.42. The average molecular weight is 351 g/mol. The van der Waals surface area contributed by atoms with Crippen molar-refractivity contribution < 1.29 is 9.59 Å². The average Bonchev–Trinajstić information content (AvgIpc) is 2.80. The molecular weight excluding hydrogens is 312 g/mol. The van der Waals surface area contributed by atoms with Gasteiger partial charge in [0.1, 0.15) is 0 Å². The van der Waals surface area contributed by atoms with E-state index in [1.807, 2.05) is 0 Å². The van der Waals surface area contributed by atoms with Crippen LogP contribution in [0.4, 0.5) is 0 Å². The molecule has 2 bridgehead atoms. The number of hydrogen-bond acceptors (Lipinski definition) is 2. The Kier molecular flexibility index (Phi) is 7.77. The summed E-state index contributed by atoms with van der Waals surface area (Å²) in [6.45, 7) is 9.51. The molecule has 2 saturated heterocycles. The van der Waals surface area contributed by atoms with Gasteiger partial charge < -0.3 is 10.2 Å². The van der Waals surface area contributed by atoms with Crippen molar-refractivity contribution in [1.82, 2.24) is 10.2 Å². The van der Waals surface area contributed by atoms with Gasteiger partial charge in [-0.15, -0.1) is 0 Å². The van der Waals surface area contributed by atoms with Crippen LogP contribution in [-0.2, 0) is 9.59 Å². The van der Waals surface area contributed by atoms with Crippen molar-refractivity contribution in [3.8, 4) is 0 Å². The number of unbranched alkanes of at least 4 members (excludes halogenated alkanes) is 1. The van der Waals surface area contributed by atoms with E-state index < -0.39 is 0 Å². The van der Waals surface area contributed by atoms with E-state index in [4.69, 9.17) is 0 Å². The van der Waals surface area contributed by atoms with Crippen LogP contribution in [0.15, 0.2) is 0 Å². The van der Waals surface area contributed by atoms with Crippen molar-refractivity contribution in [3.05, 3.63) is 0 Å². The first kappa shape index (κ1) is 20.3. The molecule has 0 spiro atoms. The summed E-state index contributed by atoms with van der Waals surface area (Å²) in [4.78, 5) is 26.8. The fraction of sp³-hybridized carbons (Fsp3) is 0.905. The van der Waals surface area contributed by atoms with E-state index >= 15 is 0 Å². The second-order valence-electron chi connectivity index (χ2n) is 8.87. The summed E-state index contributed by atoms with van der Waals surface area (Å²) >= 11 is 0. The highest BCUT2D eigenvalue weighted by atomic mass is 16.2. The van der Waals surface area contributed by atoms with E-state index in [1.54, 1.807) is 0 Å². The van der Waals surface area contributed by atoms with Crippen molar-refractivity contribution in [2.45, 2.75) is 97.6 Å². The van der Waals surface area contributed by atoms with Gasteiger partial charge in [0.25, 0.3) is 0 Å². The van der Waals surface area contributed by atoms with Gasteiger partial charge in [0.2, 0.25) is 11.8 Å². The summed E-state index contributed by atoms with van der Waals surface area (Å²) in [6.07, 6.45) is 8.97. The number of piperidine rings is 1. The predicted octanol–water partition coefficient (Wildman–Crippen LogP) is 4.13. The topological polar surface area (TPSA) is 49.4 Å². The van der Waals surface area contributed by atoms with E-state index in [-0.39, 0.29) is 5.91 Å². The van der Waals surface area contributed by atoms with E-state index in [0.717, 1.165) is 51.5 Å². The largest absolute Gasteiger partial charge is 0.356 e. The van der Waals surface area contributed by atoms with Gasteiger partial charge in [-0.25, -0.2) is 0 Å². The molecule has 1 N–H and O–H groups in total. The molecule has 0 aliphatic carbocycles. The van der Waals surface area contributed by atoms with Crippen molar-refractivity contribution in [1.29, 1.82) is 0 Å². The van der Waals surface area contributed by atoms with Crippen LogP contribution in [0.25, 0.3) is 0 Å². The zero-order valence-electron chi connectivity index (χ0n) is 16.7. The molecule has 2 fully saturated rings. The molecule has 2 heterocycles. The smallest absolute Gasteiger partial charge is 0.223 e. The van der Waals surface area contributed by atoms with Crippen molar-refractivity contribution in [2.24, 2.45) is 17.8 Å². The lowest BCUT2D eigenvalue weighted by molar-refractivity contribution is -0.136. The SMILES string of the molecule is CCCCC(=O)N1[C@@H]2CC[C@H]1CC(CNC(=O)CC(C)CC(C)C)C2. The number of carbonyl (C=O) groups excluding carboxylic acids is 2. The monoisotopic (exact) mass is 350 g/mol. The number of amides is 2. The van der Waals surface area contributed by atoms with Gasteiger partial charge in [-0.05, 0) is 56.3 Å². The maximum absolute atomic E-state index is 12.5. The zero-order valence-corrected chi connectivity index (χ0v) is 16.7. The lowest BCUT2D eigenvalue weighted by atomic mass is 9.90. The Balaban J connectivity index is 1.74. The summed E-state index contributed by atoms with van der Waals surface area (Å²) in [5.74, 6) is 2.19. The third kappa shape index (κ3) is 6.00. The lowest BCUT2D eigenvalue weighted by Crippen LogP contribution is -2.48. The van der Waals surface area contributed by atoms with Crippen molar-refractivity contribution in [2.75, 3.05) is 6.54 Å². The van der Waals surface area contributed by atoms with Crippen LogP contribution in [-0.4, -0.2) is 35.3 Å². The summed E-state index contributed by atoms with van der Waals surface area (Å²) in [5.41, 5.74) is 0. The van der Waals surface area contributed by atoms with Gasteiger partial charge in [0, 0.05) is 31.5 Å². The molecule has 0 aromatic heterocycles. The first-order chi connectivity index (χ1) is 11.9. The number of nitrogens with one attached hydrogen (secondary N) is 1. The predicted molar refractivity (Wildman–Crippen MR) is 102 cm³/mol. The Morgan fingerprint density at radius 2 is 1.76 bits per heavy atom. The normalized spacial score (nSPS) is 26.8. The summed E-state index contributed by atoms with van der Waals surface area (Å²) < 4.78 is 0. The van der Waals surface area contributed by atoms with Crippen molar-refractivity contribution in [3.63, 3.8) is 0 Å². The maximum Gasteiger partial charge on any atom is 0.223 e. The van der Waals surface area contributed by atoms with Gasteiger partial charge in [-0.2, -0.15) is 0 Å². The number of rotatable bonds is 9. The van der Waals surface area contributed by atoms with Crippen LogP contribution in [0.3, 0.4) is 0 Å². The van der Waals surface area contributed by atoms with E-state index in [1.165, 1.54) is 0 Å². The standard InChI is InChI=1S/C21H38N2O2/c1-5-6-7-21(25)23-18-8-9-19(23)13-17(12-18)14-22-20(24)11-16(4)10-15(2)3/h15-19H,5-14H2,1-4H3,(H,22,24)/t16?,17?,18-,19+. The van der Waals surface area contributed by atoms with Crippen LogP contribution < -0.4 is 5.32 Å². The molecule has 2 aliphatic rings.